The molecule has 0 radical (unpaired) electrons. The van der Waals surface area contributed by atoms with Gasteiger partial charge in [-0.15, -0.1) is 0 Å². The Morgan fingerprint density at radius 1 is 1.00 bits per heavy atom. The molecular weight excluding hydrogens is 388 g/mol. The fraction of sp³-hybridized carbons (Fsp3) is 0.133. The molecule has 10 heteroatoms. The molecule has 0 saturated heterocycles. The SMILES string of the molecule is CNS(=O)(=O)c1ccc(Cl)c(C(=O)Nc2cccc(S(C)(=O)=O)c2)c1. The van der Waals surface area contributed by atoms with Crippen molar-refractivity contribution in [1.29, 1.82) is 0 Å². The first kappa shape index (κ1) is 19.4. The highest BCUT2D eigenvalue weighted by atomic mass is 35.5. The van der Waals surface area contributed by atoms with Crippen LogP contribution in [0.1, 0.15) is 10.4 Å². The van der Waals surface area contributed by atoms with Gasteiger partial charge in [-0.2, -0.15) is 0 Å². The van der Waals surface area contributed by atoms with E-state index >= 15 is 0 Å². The lowest BCUT2D eigenvalue weighted by molar-refractivity contribution is 0.102. The van der Waals surface area contributed by atoms with Gasteiger partial charge in [0.1, 0.15) is 0 Å². The van der Waals surface area contributed by atoms with E-state index in [4.69, 9.17) is 11.6 Å². The number of hydrogen-bond acceptors (Lipinski definition) is 5. The first-order valence-electron chi connectivity index (χ1n) is 6.89. The van der Waals surface area contributed by atoms with Gasteiger partial charge in [0.05, 0.1) is 20.4 Å². The van der Waals surface area contributed by atoms with Crippen LogP contribution < -0.4 is 10.0 Å². The average Bonchev–Trinajstić information content (AvgIpc) is 2.54. The Labute approximate surface area is 151 Å². The van der Waals surface area contributed by atoms with Gasteiger partial charge in [-0.1, -0.05) is 17.7 Å². The van der Waals surface area contributed by atoms with Gasteiger partial charge < -0.3 is 5.32 Å². The quantitative estimate of drug-likeness (QED) is 0.793. The van der Waals surface area contributed by atoms with Crippen LogP contribution in [0.5, 0.6) is 0 Å². The molecule has 0 atom stereocenters. The molecule has 25 heavy (non-hydrogen) atoms. The number of rotatable bonds is 5. The Hall–Kier alpha value is -1.94. The van der Waals surface area contributed by atoms with Crippen LogP contribution in [0.2, 0.25) is 5.02 Å². The Morgan fingerprint density at radius 3 is 2.28 bits per heavy atom. The fourth-order valence-electron chi connectivity index (χ4n) is 1.97. The van der Waals surface area contributed by atoms with Crippen LogP contribution in [-0.2, 0) is 19.9 Å². The molecular formula is C15H15ClN2O5S2. The minimum atomic E-state index is -3.74. The summed E-state index contributed by atoms with van der Waals surface area (Å²) in [5.74, 6) is -0.663. The molecule has 2 aromatic rings. The number of benzene rings is 2. The second-order valence-electron chi connectivity index (χ2n) is 5.10. The molecule has 2 rings (SSSR count). The highest BCUT2D eigenvalue weighted by Crippen LogP contribution is 2.22. The molecule has 0 fully saturated rings. The van der Waals surface area contributed by atoms with E-state index in [1.54, 1.807) is 0 Å². The molecule has 2 N–H and O–H groups in total. The van der Waals surface area contributed by atoms with E-state index in [-0.39, 0.29) is 26.1 Å². The number of anilines is 1. The number of carbonyl (C=O) groups excluding carboxylic acids is 1. The molecule has 0 unspecified atom stereocenters. The Kier molecular flexibility index (Phi) is 5.52. The molecule has 0 aliphatic rings. The topological polar surface area (TPSA) is 109 Å². The fourth-order valence-corrected chi connectivity index (χ4v) is 3.59. The molecule has 0 aromatic heterocycles. The third-order valence-electron chi connectivity index (χ3n) is 3.28. The summed E-state index contributed by atoms with van der Waals surface area (Å²) in [5, 5.41) is 2.57. The van der Waals surface area contributed by atoms with Gasteiger partial charge in [-0.3, -0.25) is 4.79 Å². The summed E-state index contributed by atoms with van der Waals surface area (Å²) in [6.07, 6.45) is 1.05. The van der Waals surface area contributed by atoms with Crippen LogP contribution in [0.4, 0.5) is 5.69 Å². The summed E-state index contributed by atoms with van der Waals surface area (Å²) in [6.45, 7) is 0. The number of amides is 1. The summed E-state index contributed by atoms with van der Waals surface area (Å²) < 4.78 is 49.0. The second kappa shape index (κ2) is 7.12. The first-order chi connectivity index (χ1) is 11.5. The highest BCUT2D eigenvalue weighted by Gasteiger charge is 2.18. The lowest BCUT2D eigenvalue weighted by atomic mass is 10.2. The lowest BCUT2D eigenvalue weighted by Crippen LogP contribution is -2.20. The normalized spacial score (nSPS) is 12.0. The van der Waals surface area contributed by atoms with Gasteiger partial charge in [0.2, 0.25) is 10.0 Å². The molecule has 134 valence electrons. The number of halogens is 1. The summed E-state index contributed by atoms with van der Waals surface area (Å²) in [5.41, 5.74) is 0.189. The van der Waals surface area contributed by atoms with Crippen molar-refractivity contribution >= 4 is 43.1 Å². The highest BCUT2D eigenvalue weighted by molar-refractivity contribution is 7.90. The van der Waals surface area contributed by atoms with Gasteiger partial charge in [-0.25, -0.2) is 21.6 Å². The predicted octanol–water partition coefficient (Wildman–Crippen LogP) is 1.90. The zero-order chi connectivity index (χ0) is 18.8. The van der Waals surface area contributed by atoms with Crippen LogP contribution in [-0.4, -0.2) is 36.0 Å². The molecule has 0 heterocycles. The maximum Gasteiger partial charge on any atom is 0.257 e. The molecule has 0 saturated carbocycles. The van der Waals surface area contributed by atoms with E-state index in [1.807, 2.05) is 0 Å². The van der Waals surface area contributed by atoms with Crippen molar-refractivity contribution in [3.63, 3.8) is 0 Å². The molecule has 0 spiro atoms. The van der Waals surface area contributed by atoms with E-state index in [9.17, 15) is 21.6 Å². The van der Waals surface area contributed by atoms with Crippen LogP contribution >= 0.6 is 11.6 Å². The Bertz CT molecular complexity index is 1030. The van der Waals surface area contributed by atoms with Gasteiger partial charge in [0, 0.05) is 11.9 Å². The van der Waals surface area contributed by atoms with E-state index in [2.05, 4.69) is 10.0 Å². The van der Waals surface area contributed by atoms with Crippen molar-refractivity contribution in [3.05, 3.63) is 53.1 Å². The van der Waals surface area contributed by atoms with Gasteiger partial charge in [0.25, 0.3) is 5.91 Å². The largest absolute Gasteiger partial charge is 0.322 e. The van der Waals surface area contributed by atoms with Gasteiger partial charge >= 0.3 is 0 Å². The molecule has 7 nitrogen and oxygen atoms in total. The molecule has 0 bridgehead atoms. The van der Waals surface area contributed by atoms with Gasteiger partial charge in [0.15, 0.2) is 9.84 Å². The van der Waals surface area contributed by atoms with Crippen LogP contribution in [0.15, 0.2) is 52.3 Å². The van der Waals surface area contributed by atoms with Crippen molar-refractivity contribution in [2.75, 3.05) is 18.6 Å². The maximum absolute atomic E-state index is 12.4. The number of nitrogens with one attached hydrogen (secondary N) is 2. The summed E-state index contributed by atoms with van der Waals surface area (Å²) in [7, 11) is -5.92. The van der Waals surface area contributed by atoms with Gasteiger partial charge in [-0.05, 0) is 43.4 Å². The van der Waals surface area contributed by atoms with Crippen molar-refractivity contribution in [2.24, 2.45) is 0 Å². The van der Waals surface area contributed by atoms with E-state index in [0.29, 0.717) is 0 Å². The molecule has 1 amide bonds. The standard InChI is InChI=1S/C15H15ClN2O5S2/c1-17-25(22,23)12-6-7-14(16)13(9-12)15(19)18-10-4-3-5-11(8-10)24(2,20)21/h3-9,17H,1-2H3,(H,18,19). The zero-order valence-electron chi connectivity index (χ0n) is 13.3. The van der Waals surface area contributed by atoms with Crippen molar-refractivity contribution in [1.82, 2.24) is 4.72 Å². The van der Waals surface area contributed by atoms with Crippen LogP contribution in [0, 0.1) is 0 Å². The minimum absolute atomic E-state index is 0.0444. The van der Waals surface area contributed by atoms with E-state index in [1.165, 1.54) is 43.4 Å². The zero-order valence-corrected chi connectivity index (χ0v) is 15.7. The second-order valence-corrected chi connectivity index (χ2v) is 9.41. The maximum atomic E-state index is 12.4. The third kappa shape index (κ3) is 4.57. The first-order valence-corrected chi connectivity index (χ1v) is 10.6. The average molecular weight is 403 g/mol. The summed E-state index contributed by atoms with van der Waals surface area (Å²) in [6, 6.07) is 9.41. The summed E-state index contributed by atoms with van der Waals surface area (Å²) in [4.78, 5) is 12.3. The smallest absolute Gasteiger partial charge is 0.257 e. The molecule has 0 aliphatic carbocycles. The van der Waals surface area contributed by atoms with E-state index in [0.717, 1.165) is 12.3 Å². The van der Waals surface area contributed by atoms with Crippen molar-refractivity contribution in [2.45, 2.75) is 9.79 Å². The monoisotopic (exact) mass is 402 g/mol. The van der Waals surface area contributed by atoms with Crippen LogP contribution in [0.3, 0.4) is 0 Å². The predicted molar refractivity (Wildman–Crippen MR) is 95.2 cm³/mol. The van der Waals surface area contributed by atoms with E-state index < -0.39 is 25.8 Å². The number of carbonyl (C=O) groups is 1. The Balaban J connectivity index is 2.38. The van der Waals surface area contributed by atoms with Crippen molar-refractivity contribution < 1.29 is 21.6 Å². The van der Waals surface area contributed by atoms with Crippen molar-refractivity contribution in [3.8, 4) is 0 Å². The number of sulfone groups is 1. The number of sulfonamides is 1. The molecule has 2 aromatic carbocycles. The minimum Gasteiger partial charge on any atom is -0.322 e. The molecule has 0 aliphatic heterocycles. The van der Waals surface area contributed by atoms with Crippen LogP contribution in [0.25, 0.3) is 0 Å². The number of hydrogen-bond donors (Lipinski definition) is 2. The summed E-state index contributed by atoms with van der Waals surface area (Å²) >= 11 is 5.98. The lowest BCUT2D eigenvalue weighted by Gasteiger charge is -2.10. The third-order valence-corrected chi connectivity index (χ3v) is 6.13. The Morgan fingerprint density at radius 2 is 1.68 bits per heavy atom.